The number of hydrogen-bond acceptors (Lipinski definition) is 7. The number of benzene rings is 1. The molecule has 2 aliphatic rings. The number of aliphatic hydroxyl groups excluding tert-OH is 1. The highest BCUT2D eigenvalue weighted by atomic mass is 19.4. The van der Waals surface area contributed by atoms with Crippen LogP contribution in [0.15, 0.2) is 38.8 Å². The van der Waals surface area contributed by atoms with Crippen LogP contribution in [0.4, 0.5) is 19.0 Å². The molecule has 4 rings (SSSR count). The van der Waals surface area contributed by atoms with Crippen LogP contribution in [0.3, 0.4) is 0 Å². The Labute approximate surface area is 192 Å². The number of aliphatic hydroxyl groups is 1. The van der Waals surface area contributed by atoms with Gasteiger partial charge in [-0.25, -0.2) is 4.79 Å². The number of fused-ring (bicyclic) bond motifs is 2. The summed E-state index contributed by atoms with van der Waals surface area (Å²) in [6, 6.07) is 5.16. The average Bonchev–Trinajstić information content (AvgIpc) is 3.44. The number of hydrogen-bond donors (Lipinski definition) is 1. The molecule has 1 aliphatic carbocycles. The van der Waals surface area contributed by atoms with Gasteiger partial charge in [0.05, 0.1) is 18.7 Å². The number of alkyl halides is 3. The fourth-order valence-electron chi connectivity index (χ4n) is 4.19. The van der Waals surface area contributed by atoms with Crippen molar-refractivity contribution in [3.05, 3.63) is 50.7 Å². The Kier molecular flexibility index (Phi) is 6.19. The van der Waals surface area contributed by atoms with Gasteiger partial charge in [-0.3, -0.25) is 13.9 Å². The third-order valence-corrected chi connectivity index (χ3v) is 6.02. The second-order valence-corrected chi connectivity index (χ2v) is 8.58. The SMILES string of the molecule is Cn1c2c(c(=O)n(CCO)c1=O)CC1(C)CC1C(OCCOc1cccc(OC(F)(F)F)c1)=N2. The van der Waals surface area contributed by atoms with Crippen molar-refractivity contribution in [2.24, 2.45) is 23.4 Å². The minimum Gasteiger partial charge on any atom is -0.490 e. The van der Waals surface area contributed by atoms with Gasteiger partial charge in [-0.15, -0.1) is 13.2 Å². The van der Waals surface area contributed by atoms with E-state index in [2.05, 4.69) is 9.73 Å². The van der Waals surface area contributed by atoms with Crippen LogP contribution in [0.5, 0.6) is 11.5 Å². The Morgan fingerprint density at radius 1 is 1.21 bits per heavy atom. The fraction of sp³-hybridized carbons (Fsp3) is 0.500. The van der Waals surface area contributed by atoms with Gasteiger partial charge < -0.3 is 19.3 Å². The van der Waals surface area contributed by atoms with E-state index in [-0.39, 0.29) is 49.3 Å². The van der Waals surface area contributed by atoms with Crippen LogP contribution < -0.4 is 20.7 Å². The highest BCUT2D eigenvalue weighted by Crippen LogP contribution is 2.57. The van der Waals surface area contributed by atoms with Crippen LogP contribution in [-0.4, -0.2) is 46.3 Å². The quantitative estimate of drug-likeness (QED) is 0.606. The molecule has 1 fully saturated rings. The summed E-state index contributed by atoms with van der Waals surface area (Å²) in [5, 5.41) is 9.22. The molecule has 0 spiro atoms. The summed E-state index contributed by atoms with van der Waals surface area (Å²) in [5.74, 6) is 0.363. The summed E-state index contributed by atoms with van der Waals surface area (Å²) >= 11 is 0. The second-order valence-electron chi connectivity index (χ2n) is 8.58. The molecule has 2 unspecified atom stereocenters. The van der Waals surface area contributed by atoms with Crippen LogP contribution in [-0.2, 0) is 24.8 Å². The lowest BCUT2D eigenvalue weighted by molar-refractivity contribution is -0.274. The molecule has 1 aromatic heterocycles. The summed E-state index contributed by atoms with van der Waals surface area (Å²) < 4.78 is 54.6. The van der Waals surface area contributed by atoms with Gasteiger partial charge in [0.2, 0.25) is 0 Å². The molecule has 34 heavy (non-hydrogen) atoms. The first kappa shape index (κ1) is 23.9. The normalized spacial score (nSPS) is 21.1. The van der Waals surface area contributed by atoms with Gasteiger partial charge in [-0.2, -0.15) is 4.99 Å². The van der Waals surface area contributed by atoms with E-state index in [1.807, 2.05) is 6.92 Å². The van der Waals surface area contributed by atoms with Gasteiger partial charge in [0.25, 0.3) is 5.56 Å². The summed E-state index contributed by atoms with van der Waals surface area (Å²) in [6.07, 6.45) is -3.62. The van der Waals surface area contributed by atoms with Crippen LogP contribution in [0, 0.1) is 11.3 Å². The molecule has 2 atom stereocenters. The molecule has 0 amide bonds. The molecular weight excluding hydrogens is 459 g/mol. The second kappa shape index (κ2) is 8.82. The van der Waals surface area contributed by atoms with Crippen molar-refractivity contribution in [2.45, 2.75) is 32.7 Å². The minimum absolute atomic E-state index is 0.0296. The number of rotatable bonds is 7. The van der Waals surface area contributed by atoms with Crippen molar-refractivity contribution in [3.63, 3.8) is 0 Å². The lowest BCUT2D eigenvalue weighted by atomic mass is 9.97. The number of ether oxygens (including phenoxy) is 3. The van der Waals surface area contributed by atoms with Gasteiger partial charge in [0.15, 0.2) is 5.90 Å². The fourth-order valence-corrected chi connectivity index (χ4v) is 4.19. The summed E-state index contributed by atoms with van der Waals surface area (Å²) in [4.78, 5) is 30.0. The maximum atomic E-state index is 12.9. The molecule has 1 aromatic carbocycles. The lowest BCUT2D eigenvalue weighted by Gasteiger charge is -2.14. The molecule has 2 heterocycles. The molecule has 0 bridgehead atoms. The monoisotopic (exact) mass is 483 g/mol. The summed E-state index contributed by atoms with van der Waals surface area (Å²) in [6.45, 7) is 1.66. The standard InChI is InChI=1S/C22H24F3N3O6/c1-21-11-15-17(27(2)20(31)28(6-7-29)19(15)30)26-18(16(21)12-21)33-9-8-32-13-4-3-5-14(10-13)34-22(23,24)25/h3-5,10,16,29H,6-9,11-12H2,1-2H3. The smallest absolute Gasteiger partial charge is 0.490 e. The molecule has 1 aliphatic heterocycles. The van der Waals surface area contributed by atoms with E-state index in [1.165, 1.54) is 29.8 Å². The van der Waals surface area contributed by atoms with Crippen LogP contribution in [0.25, 0.3) is 0 Å². The zero-order valence-electron chi connectivity index (χ0n) is 18.6. The first-order valence-electron chi connectivity index (χ1n) is 10.7. The van der Waals surface area contributed by atoms with Crippen LogP contribution in [0.1, 0.15) is 18.9 Å². The lowest BCUT2D eigenvalue weighted by Crippen LogP contribution is -2.41. The number of aromatic nitrogens is 2. The molecule has 1 N–H and O–H groups in total. The van der Waals surface area contributed by atoms with Gasteiger partial charge in [0, 0.05) is 19.0 Å². The number of nitrogens with zero attached hydrogens (tertiary/aromatic N) is 3. The average molecular weight is 483 g/mol. The molecule has 0 saturated heterocycles. The van der Waals surface area contributed by atoms with Gasteiger partial charge in [-0.1, -0.05) is 13.0 Å². The van der Waals surface area contributed by atoms with Crippen molar-refractivity contribution in [3.8, 4) is 11.5 Å². The predicted molar refractivity (Wildman–Crippen MR) is 115 cm³/mol. The summed E-state index contributed by atoms with van der Waals surface area (Å²) in [7, 11) is 1.51. The van der Waals surface area contributed by atoms with E-state index < -0.39 is 23.4 Å². The van der Waals surface area contributed by atoms with Gasteiger partial charge in [0.1, 0.15) is 30.5 Å². The zero-order chi connectivity index (χ0) is 24.7. The maximum absolute atomic E-state index is 12.9. The van der Waals surface area contributed by atoms with E-state index in [0.717, 1.165) is 17.1 Å². The van der Waals surface area contributed by atoms with Gasteiger partial charge >= 0.3 is 12.1 Å². The Bertz CT molecular complexity index is 1240. The number of halogens is 3. The third kappa shape index (κ3) is 4.81. The Morgan fingerprint density at radius 3 is 2.62 bits per heavy atom. The first-order chi connectivity index (χ1) is 16.0. The van der Waals surface area contributed by atoms with Crippen molar-refractivity contribution in [1.82, 2.24) is 9.13 Å². The Balaban J connectivity index is 1.49. The van der Waals surface area contributed by atoms with E-state index >= 15 is 0 Å². The minimum atomic E-state index is -4.80. The predicted octanol–water partition coefficient (Wildman–Crippen LogP) is 2.15. The molecular formula is C22H24F3N3O6. The van der Waals surface area contributed by atoms with E-state index in [9.17, 15) is 27.9 Å². The van der Waals surface area contributed by atoms with Crippen molar-refractivity contribution in [1.29, 1.82) is 0 Å². The summed E-state index contributed by atoms with van der Waals surface area (Å²) in [5.41, 5.74) is -0.891. The third-order valence-electron chi connectivity index (χ3n) is 6.02. The molecule has 1 saturated carbocycles. The molecule has 184 valence electrons. The Hall–Kier alpha value is -3.28. The topological polar surface area (TPSA) is 104 Å². The van der Waals surface area contributed by atoms with Crippen molar-refractivity contribution < 1.29 is 32.5 Å². The van der Waals surface area contributed by atoms with Crippen LogP contribution in [0.2, 0.25) is 0 Å². The highest BCUT2D eigenvalue weighted by Gasteiger charge is 2.56. The van der Waals surface area contributed by atoms with Crippen molar-refractivity contribution in [2.75, 3.05) is 19.8 Å². The maximum Gasteiger partial charge on any atom is 0.573 e. The largest absolute Gasteiger partial charge is 0.573 e. The van der Waals surface area contributed by atoms with E-state index in [1.54, 1.807) is 0 Å². The van der Waals surface area contributed by atoms with Crippen LogP contribution >= 0.6 is 0 Å². The Morgan fingerprint density at radius 2 is 1.91 bits per heavy atom. The zero-order valence-corrected chi connectivity index (χ0v) is 18.6. The number of aliphatic imine (C=N–C) groups is 1. The molecule has 0 radical (unpaired) electrons. The van der Waals surface area contributed by atoms with Crippen molar-refractivity contribution >= 4 is 11.7 Å². The molecule has 2 aromatic rings. The van der Waals surface area contributed by atoms with Gasteiger partial charge in [-0.05, 0) is 30.4 Å². The molecule has 9 nitrogen and oxygen atoms in total. The first-order valence-corrected chi connectivity index (χ1v) is 10.7. The molecule has 12 heteroatoms. The van der Waals surface area contributed by atoms with E-state index in [4.69, 9.17) is 9.47 Å². The van der Waals surface area contributed by atoms with E-state index in [0.29, 0.717) is 17.9 Å². The highest BCUT2D eigenvalue weighted by molar-refractivity contribution is 5.86.